The summed E-state index contributed by atoms with van der Waals surface area (Å²) in [6.45, 7) is 0. The van der Waals surface area contributed by atoms with Gasteiger partial charge in [-0.25, -0.2) is 0 Å². The first kappa shape index (κ1) is 11.8. The van der Waals surface area contributed by atoms with Gasteiger partial charge in [-0.15, -0.1) is 0 Å². The van der Waals surface area contributed by atoms with Crippen LogP contribution in [0.25, 0.3) is 10.8 Å². The number of fused-ring (bicyclic) bond motifs is 2. The van der Waals surface area contributed by atoms with Crippen molar-refractivity contribution in [2.24, 2.45) is 0 Å². The molecule has 1 aliphatic heterocycles. The van der Waals surface area contributed by atoms with Gasteiger partial charge >= 0.3 is 0 Å². The molecule has 98 valence electrons. The Hall–Kier alpha value is -1.99. The fourth-order valence-corrected chi connectivity index (χ4v) is 3.12. The molecule has 2 heteroatoms. The van der Waals surface area contributed by atoms with E-state index in [1.54, 1.807) is 0 Å². The topological polar surface area (TPSA) is 12.0 Å². The predicted octanol–water partition coefficient (Wildman–Crippen LogP) is 5.20. The van der Waals surface area contributed by atoms with Gasteiger partial charge in [-0.3, -0.25) is 0 Å². The van der Waals surface area contributed by atoms with E-state index in [4.69, 9.17) is 11.6 Å². The Morgan fingerprint density at radius 3 is 2.65 bits per heavy atom. The van der Waals surface area contributed by atoms with Crippen molar-refractivity contribution in [1.29, 1.82) is 0 Å². The molecule has 4 rings (SSSR count). The van der Waals surface area contributed by atoms with E-state index in [-0.39, 0.29) is 0 Å². The van der Waals surface area contributed by atoms with Crippen LogP contribution in [-0.4, -0.2) is 0 Å². The Labute approximate surface area is 123 Å². The van der Waals surface area contributed by atoms with Gasteiger partial charge in [0.2, 0.25) is 0 Å². The van der Waals surface area contributed by atoms with Crippen molar-refractivity contribution in [1.82, 2.24) is 0 Å². The van der Waals surface area contributed by atoms with E-state index in [0.29, 0.717) is 6.04 Å². The number of anilines is 1. The zero-order chi connectivity index (χ0) is 13.5. The van der Waals surface area contributed by atoms with Gasteiger partial charge in [0.1, 0.15) is 0 Å². The molecule has 1 heterocycles. The zero-order valence-corrected chi connectivity index (χ0v) is 11.7. The molecule has 20 heavy (non-hydrogen) atoms. The first-order chi connectivity index (χ1) is 9.79. The summed E-state index contributed by atoms with van der Waals surface area (Å²) in [4.78, 5) is 0. The highest BCUT2D eigenvalue weighted by Crippen LogP contribution is 2.36. The Kier molecular flexibility index (Phi) is 2.68. The van der Waals surface area contributed by atoms with Crippen molar-refractivity contribution in [3.05, 3.63) is 76.8 Å². The predicted molar refractivity (Wildman–Crippen MR) is 85.5 cm³/mol. The van der Waals surface area contributed by atoms with Gasteiger partial charge in [-0.2, -0.15) is 0 Å². The Bertz CT molecular complexity index is 794. The van der Waals surface area contributed by atoms with Crippen LogP contribution in [0.4, 0.5) is 5.69 Å². The molecule has 3 aromatic carbocycles. The van der Waals surface area contributed by atoms with E-state index in [0.717, 1.165) is 17.1 Å². The molecular formula is C18H14ClN. The number of hydrogen-bond acceptors (Lipinski definition) is 1. The molecule has 0 saturated carbocycles. The maximum absolute atomic E-state index is 6.06. The van der Waals surface area contributed by atoms with Crippen molar-refractivity contribution < 1.29 is 0 Å². The molecule has 0 spiro atoms. The number of halogens is 1. The summed E-state index contributed by atoms with van der Waals surface area (Å²) in [5.74, 6) is 0. The lowest BCUT2D eigenvalue weighted by atomic mass is 9.99. The molecular weight excluding hydrogens is 266 g/mol. The van der Waals surface area contributed by atoms with Crippen molar-refractivity contribution in [2.45, 2.75) is 12.5 Å². The van der Waals surface area contributed by atoms with Gasteiger partial charge < -0.3 is 5.32 Å². The van der Waals surface area contributed by atoms with E-state index < -0.39 is 0 Å². The Morgan fingerprint density at radius 2 is 1.75 bits per heavy atom. The van der Waals surface area contributed by atoms with Gasteiger partial charge in [0, 0.05) is 10.7 Å². The third-order valence-corrected chi connectivity index (χ3v) is 4.24. The van der Waals surface area contributed by atoms with E-state index >= 15 is 0 Å². The number of benzene rings is 3. The van der Waals surface area contributed by atoms with Crippen LogP contribution >= 0.6 is 11.6 Å². The van der Waals surface area contributed by atoms with Crippen molar-refractivity contribution >= 4 is 28.1 Å². The molecule has 1 N–H and O–H groups in total. The van der Waals surface area contributed by atoms with Gasteiger partial charge in [0.15, 0.2) is 0 Å². The summed E-state index contributed by atoms with van der Waals surface area (Å²) in [5.41, 5.74) is 3.83. The first-order valence-corrected chi connectivity index (χ1v) is 7.21. The van der Waals surface area contributed by atoms with Crippen LogP contribution in [0.5, 0.6) is 0 Å². The maximum Gasteiger partial charge on any atom is 0.0555 e. The number of rotatable bonds is 1. The lowest BCUT2D eigenvalue weighted by Gasteiger charge is -2.12. The van der Waals surface area contributed by atoms with E-state index in [1.165, 1.54) is 21.9 Å². The molecule has 0 bridgehead atoms. The van der Waals surface area contributed by atoms with Crippen molar-refractivity contribution in [3.63, 3.8) is 0 Å². The van der Waals surface area contributed by atoms with Crippen molar-refractivity contribution in [3.8, 4) is 0 Å². The standard InChI is InChI=1S/C18H14ClN/c19-16-8-7-15-10-17(20-18(15)11-16)14-6-5-12-3-1-2-4-13(12)9-14/h1-9,11,17,20H,10H2. The molecule has 0 aliphatic carbocycles. The quantitative estimate of drug-likeness (QED) is 0.645. The molecule has 1 atom stereocenters. The maximum atomic E-state index is 6.06. The lowest BCUT2D eigenvalue weighted by Crippen LogP contribution is -2.05. The smallest absolute Gasteiger partial charge is 0.0555 e. The number of nitrogens with one attached hydrogen (secondary N) is 1. The van der Waals surface area contributed by atoms with Crippen molar-refractivity contribution in [2.75, 3.05) is 5.32 Å². The average molecular weight is 280 g/mol. The normalized spacial score (nSPS) is 16.9. The van der Waals surface area contributed by atoms with E-state index in [9.17, 15) is 0 Å². The minimum atomic E-state index is 0.341. The minimum Gasteiger partial charge on any atom is -0.378 e. The Balaban J connectivity index is 1.71. The highest BCUT2D eigenvalue weighted by molar-refractivity contribution is 6.30. The summed E-state index contributed by atoms with van der Waals surface area (Å²) in [6, 6.07) is 21.6. The fraction of sp³-hybridized carbons (Fsp3) is 0.111. The van der Waals surface area contributed by atoms with Crippen LogP contribution in [0, 0.1) is 0 Å². The van der Waals surface area contributed by atoms with Crippen LogP contribution in [0.1, 0.15) is 17.2 Å². The minimum absolute atomic E-state index is 0.341. The molecule has 1 aliphatic rings. The molecule has 0 aromatic heterocycles. The van der Waals surface area contributed by atoms with Crippen LogP contribution in [0.3, 0.4) is 0 Å². The third kappa shape index (κ3) is 1.95. The zero-order valence-electron chi connectivity index (χ0n) is 10.9. The average Bonchev–Trinajstić information content (AvgIpc) is 2.89. The Morgan fingerprint density at radius 1 is 0.900 bits per heavy atom. The van der Waals surface area contributed by atoms with E-state index in [2.05, 4.69) is 53.8 Å². The summed E-state index contributed by atoms with van der Waals surface area (Å²) in [7, 11) is 0. The SMILES string of the molecule is Clc1ccc2c(c1)NC(c1ccc3ccccc3c1)C2. The molecule has 0 saturated heterocycles. The molecule has 3 aromatic rings. The van der Waals surface area contributed by atoms with Gasteiger partial charge in [-0.1, -0.05) is 54.1 Å². The molecule has 0 amide bonds. The summed E-state index contributed by atoms with van der Waals surface area (Å²) in [5, 5.41) is 6.94. The molecule has 1 unspecified atom stereocenters. The van der Waals surface area contributed by atoms with Crippen LogP contribution < -0.4 is 5.32 Å². The van der Waals surface area contributed by atoms with Crippen LogP contribution in [0.15, 0.2) is 60.7 Å². The summed E-state index contributed by atoms with van der Waals surface area (Å²) in [6.07, 6.45) is 1.02. The molecule has 0 radical (unpaired) electrons. The summed E-state index contributed by atoms with van der Waals surface area (Å²) < 4.78 is 0. The highest BCUT2D eigenvalue weighted by atomic mass is 35.5. The highest BCUT2D eigenvalue weighted by Gasteiger charge is 2.22. The monoisotopic (exact) mass is 279 g/mol. The van der Waals surface area contributed by atoms with Gasteiger partial charge in [-0.05, 0) is 46.5 Å². The second kappa shape index (κ2) is 4.53. The molecule has 0 fully saturated rings. The van der Waals surface area contributed by atoms with Crippen LogP contribution in [0.2, 0.25) is 5.02 Å². The van der Waals surface area contributed by atoms with Gasteiger partial charge in [0.25, 0.3) is 0 Å². The number of hydrogen-bond donors (Lipinski definition) is 1. The van der Waals surface area contributed by atoms with E-state index in [1.807, 2.05) is 12.1 Å². The largest absolute Gasteiger partial charge is 0.378 e. The first-order valence-electron chi connectivity index (χ1n) is 6.83. The van der Waals surface area contributed by atoms with Crippen LogP contribution in [-0.2, 0) is 6.42 Å². The molecule has 1 nitrogen and oxygen atoms in total. The lowest BCUT2D eigenvalue weighted by molar-refractivity contribution is 0.826. The fourth-order valence-electron chi connectivity index (χ4n) is 2.95. The second-order valence-corrected chi connectivity index (χ2v) is 5.75. The second-order valence-electron chi connectivity index (χ2n) is 5.31. The third-order valence-electron chi connectivity index (χ3n) is 4.00. The van der Waals surface area contributed by atoms with Gasteiger partial charge in [0.05, 0.1) is 6.04 Å². The summed E-state index contributed by atoms with van der Waals surface area (Å²) >= 11 is 6.06.